The van der Waals surface area contributed by atoms with Crippen LogP contribution in [0.5, 0.6) is 0 Å². The standard InChI is InChI=1S/C26H30Cl2F3N3O3SSi/c1-26(2,3)39(4,5)36-13-22-25(35)21(11-23(37-22)38-15-6-7-16(27)17(28)10-15)34-12-20(32-33-34)14-8-18(29)24(31)19(30)9-14/h6-10,12,21-23,25,35H,11,13H2,1-5H3/t21-,22-,23-,25-/m1/s1. The molecule has 212 valence electrons. The Morgan fingerprint density at radius 2 is 1.79 bits per heavy atom. The van der Waals surface area contributed by atoms with E-state index in [9.17, 15) is 18.3 Å². The van der Waals surface area contributed by atoms with Gasteiger partial charge in [-0.05, 0) is 48.5 Å². The van der Waals surface area contributed by atoms with Gasteiger partial charge in [-0.25, -0.2) is 17.9 Å². The van der Waals surface area contributed by atoms with Crippen LogP contribution in [0.4, 0.5) is 13.2 Å². The van der Waals surface area contributed by atoms with E-state index in [0.29, 0.717) is 16.5 Å². The predicted octanol–water partition coefficient (Wildman–Crippen LogP) is 7.50. The van der Waals surface area contributed by atoms with Gasteiger partial charge in [0.25, 0.3) is 0 Å². The minimum Gasteiger partial charge on any atom is -0.414 e. The number of benzene rings is 2. The van der Waals surface area contributed by atoms with Gasteiger partial charge in [-0.2, -0.15) is 0 Å². The molecule has 0 saturated carbocycles. The summed E-state index contributed by atoms with van der Waals surface area (Å²) >= 11 is 13.7. The number of aromatic nitrogens is 3. The zero-order valence-electron chi connectivity index (χ0n) is 22.1. The molecule has 0 unspecified atom stereocenters. The van der Waals surface area contributed by atoms with E-state index in [1.165, 1.54) is 22.6 Å². The Kier molecular flexibility index (Phi) is 9.12. The van der Waals surface area contributed by atoms with Crippen molar-refractivity contribution in [2.45, 2.75) is 73.9 Å². The molecule has 0 radical (unpaired) electrons. The van der Waals surface area contributed by atoms with Crippen molar-refractivity contribution in [3.63, 3.8) is 0 Å². The molecule has 6 nitrogen and oxygen atoms in total. The van der Waals surface area contributed by atoms with Gasteiger partial charge in [0, 0.05) is 16.9 Å². The summed E-state index contributed by atoms with van der Waals surface area (Å²) in [5.41, 5.74) is -0.259. The van der Waals surface area contributed by atoms with Crippen LogP contribution in [0.2, 0.25) is 28.2 Å². The Morgan fingerprint density at radius 1 is 1.13 bits per heavy atom. The number of halogens is 5. The third kappa shape index (κ3) is 6.83. The first-order valence-corrected chi connectivity index (χ1v) is 16.9. The molecular formula is C26H30Cl2F3N3O3SSi. The van der Waals surface area contributed by atoms with Gasteiger partial charge in [0.15, 0.2) is 25.8 Å². The Balaban J connectivity index is 1.61. The van der Waals surface area contributed by atoms with Crippen LogP contribution >= 0.6 is 35.0 Å². The zero-order valence-corrected chi connectivity index (χ0v) is 25.4. The molecule has 2 heterocycles. The number of aliphatic hydroxyl groups excluding tert-OH is 1. The van der Waals surface area contributed by atoms with Crippen molar-refractivity contribution >= 4 is 43.3 Å². The molecule has 0 spiro atoms. The van der Waals surface area contributed by atoms with E-state index in [1.54, 1.807) is 12.1 Å². The fourth-order valence-electron chi connectivity index (χ4n) is 3.88. The number of nitrogens with zero attached hydrogens (tertiary/aromatic N) is 3. The summed E-state index contributed by atoms with van der Waals surface area (Å²) in [7, 11) is -2.15. The highest BCUT2D eigenvalue weighted by molar-refractivity contribution is 7.99. The summed E-state index contributed by atoms with van der Waals surface area (Å²) in [6.07, 6.45) is 0.0958. The van der Waals surface area contributed by atoms with E-state index < -0.39 is 49.5 Å². The van der Waals surface area contributed by atoms with Crippen LogP contribution in [0.3, 0.4) is 0 Å². The molecule has 1 saturated heterocycles. The second-order valence-electron chi connectivity index (χ2n) is 11.0. The maximum absolute atomic E-state index is 13.8. The highest BCUT2D eigenvalue weighted by atomic mass is 35.5. The summed E-state index contributed by atoms with van der Waals surface area (Å²) in [4.78, 5) is 0.824. The monoisotopic (exact) mass is 619 g/mol. The van der Waals surface area contributed by atoms with Crippen molar-refractivity contribution in [3.05, 3.63) is 64.0 Å². The molecule has 4 rings (SSSR count). The topological polar surface area (TPSA) is 69.4 Å². The number of ether oxygens (including phenoxy) is 1. The Bertz CT molecular complexity index is 1320. The molecule has 39 heavy (non-hydrogen) atoms. The van der Waals surface area contributed by atoms with E-state index >= 15 is 0 Å². The Labute approximate surface area is 240 Å². The quantitative estimate of drug-likeness (QED) is 0.218. The molecule has 0 aliphatic carbocycles. The van der Waals surface area contributed by atoms with Gasteiger partial charge in [0.05, 0.1) is 28.9 Å². The van der Waals surface area contributed by atoms with Crippen LogP contribution in [0, 0.1) is 17.5 Å². The van der Waals surface area contributed by atoms with E-state index in [-0.39, 0.29) is 22.9 Å². The minimum absolute atomic E-state index is 0.0266. The molecule has 1 aliphatic heterocycles. The van der Waals surface area contributed by atoms with Crippen molar-refractivity contribution in [3.8, 4) is 11.3 Å². The average molecular weight is 621 g/mol. The van der Waals surface area contributed by atoms with E-state index in [0.717, 1.165) is 17.0 Å². The molecule has 1 fully saturated rings. The van der Waals surface area contributed by atoms with Crippen LogP contribution in [0.15, 0.2) is 41.4 Å². The summed E-state index contributed by atoms with van der Waals surface area (Å²) in [5, 5.41) is 20.3. The first-order valence-electron chi connectivity index (χ1n) is 12.3. The third-order valence-corrected chi connectivity index (χ3v) is 13.6. The van der Waals surface area contributed by atoms with Gasteiger partial charge in [-0.3, -0.25) is 0 Å². The van der Waals surface area contributed by atoms with Crippen molar-refractivity contribution < 1.29 is 27.4 Å². The molecule has 0 amide bonds. The van der Waals surface area contributed by atoms with Gasteiger partial charge < -0.3 is 14.3 Å². The second-order valence-corrected chi connectivity index (χ2v) is 17.9. The van der Waals surface area contributed by atoms with Crippen molar-refractivity contribution in [1.29, 1.82) is 0 Å². The number of hydrogen-bond acceptors (Lipinski definition) is 6. The smallest absolute Gasteiger partial charge is 0.194 e. The summed E-state index contributed by atoms with van der Waals surface area (Å²) < 4.78 is 55.2. The summed E-state index contributed by atoms with van der Waals surface area (Å²) in [6, 6.07) is 6.38. The van der Waals surface area contributed by atoms with Crippen LogP contribution in [0.25, 0.3) is 11.3 Å². The first-order chi connectivity index (χ1) is 18.2. The normalized spacial score (nSPS) is 22.3. The van der Waals surface area contributed by atoms with Gasteiger partial charge >= 0.3 is 0 Å². The second kappa shape index (κ2) is 11.7. The van der Waals surface area contributed by atoms with Crippen molar-refractivity contribution in [2.24, 2.45) is 0 Å². The molecular weight excluding hydrogens is 590 g/mol. The van der Waals surface area contributed by atoms with Gasteiger partial charge in [-0.1, -0.05) is 60.9 Å². The average Bonchev–Trinajstić information content (AvgIpc) is 3.34. The highest BCUT2D eigenvalue weighted by Gasteiger charge is 2.43. The lowest BCUT2D eigenvalue weighted by Crippen LogP contribution is -2.50. The molecule has 1 N–H and O–H groups in total. The molecule has 13 heteroatoms. The summed E-state index contributed by atoms with van der Waals surface area (Å²) in [6.45, 7) is 10.8. The summed E-state index contributed by atoms with van der Waals surface area (Å²) in [5.74, 6) is -4.21. The van der Waals surface area contributed by atoms with Crippen LogP contribution in [-0.2, 0) is 9.16 Å². The first kappa shape index (κ1) is 30.4. The highest BCUT2D eigenvalue weighted by Crippen LogP contribution is 2.41. The van der Waals surface area contributed by atoms with Crippen molar-refractivity contribution in [1.82, 2.24) is 15.0 Å². The third-order valence-electron chi connectivity index (χ3n) is 7.24. The van der Waals surface area contributed by atoms with E-state index in [2.05, 4.69) is 44.2 Å². The number of aliphatic hydroxyl groups is 1. The van der Waals surface area contributed by atoms with Gasteiger partial charge in [0.2, 0.25) is 0 Å². The lowest BCUT2D eigenvalue weighted by atomic mass is 10.00. The molecule has 1 aliphatic rings. The number of thioether (sulfide) groups is 1. The zero-order chi connectivity index (χ0) is 28.7. The Hall–Kier alpha value is -1.60. The SMILES string of the molecule is CC(C)(C)[Si](C)(C)OC[C@H]1O[C@H](Sc2ccc(Cl)c(Cl)c2)C[C@@H](n2cc(-c3cc(F)c(F)c(F)c3)nn2)[C@H]1O. The lowest BCUT2D eigenvalue weighted by molar-refractivity contribution is -0.128. The van der Waals surface area contributed by atoms with Crippen LogP contribution in [0.1, 0.15) is 33.2 Å². The maximum atomic E-state index is 13.8. The van der Waals surface area contributed by atoms with Crippen LogP contribution < -0.4 is 0 Å². The minimum atomic E-state index is -2.15. The predicted molar refractivity (Wildman–Crippen MR) is 149 cm³/mol. The van der Waals surface area contributed by atoms with E-state index in [1.807, 2.05) is 6.07 Å². The largest absolute Gasteiger partial charge is 0.414 e. The number of hydrogen-bond donors (Lipinski definition) is 1. The van der Waals surface area contributed by atoms with Crippen molar-refractivity contribution in [2.75, 3.05) is 6.61 Å². The fraction of sp³-hybridized carbons (Fsp3) is 0.462. The molecule has 3 aromatic rings. The maximum Gasteiger partial charge on any atom is 0.194 e. The Morgan fingerprint density at radius 3 is 2.41 bits per heavy atom. The van der Waals surface area contributed by atoms with Crippen LogP contribution in [-0.4, -0.2) is 52.7 Å². The van der Waals surface area contributed by atoms with Gasteiger partial charge in [-0.15, -0.1) is 5.10 Å². The molecule has 0 bridgehead atoms. The number of rotatable bonds is 7. The molecule has 4 atom stereocenters. The molecule has 1 aromatic heterocycles. The van der Waals surface area contributed by atoms with Gasteiger partial charge in [0.1, 0.15) is 23.3 Å². The van der Waals surface area contributed by atoms with E-state index in [4.69, 9.17) is 32.4 Å². The molecule has 2 aromatic carbocycles. The fourth-order valence-corrected chi connectivity index (χ4v) is 6.38. The lowest BCUT2D eigenvalue weighted by Gasteiger charge is -2.42.